The van der Waals surface area contributed by atoms with Crippen molar-refractivity contribution in [3.8, 4) is 0 Å². The molecule has 0 radical (unpaired) electrons. The monoisotopic (exact) mass is 186 g/mol. The Bertz CT molecular complexity index is 145. The summed E-state index contributed by atoms with van der Waals surface area (Å²) < 4.78 is 10.9. The molecule has 1 unspecified atom stereocenters. The van der Waals surface area contributed by atoms with Crippen LogP contribution in [0.3, 0.4) is 0 Å². The van der Waals surface area contributed by atoms with E-state index in [1.54, 1.807) is 6.21 Å². The van der Waals surface area contributed by atoms with Gasteiger partial charge in [0.1, 0.15) is 0 Å². The molecule has 0 bridgehead atoms. The molecule has 13 heavy (non-hydrogen) atoms. The fourth-order valence-corrected chi connectivity index (χ4v) is 1.23. The third-order valence-corrected chi connectivity index (χ3v) is 1.88. The van der Waals surface area contributed by atoms with Crippen LogP contribution >= 0.6 is 0 Å². The number of hydrazone groups is 1. The molecule has 0 spiro atoms. The van der Waals surface area contributed by atoms with E-state index in [1.807, 2.05) is 6.92 Å². The smallest absolute Gasteiger partial charge is 0.157 e. The van der Waals surface area contributed by atoms with Gasteiger partial charge in [-0.25, -0.2) is 0 Å². The second kappa shape index (κ2) is 6.86. The van der Waals surface area contributed by atoms with Crippen molar-refractivity contribution in [3.05, 3.63) is 0 Å². The molecule has 1 aliphatic heterocycles. The highest BCUT2D eigenvalue weighted by atomic mass is 16.7. The summed E-state index contributed by atoms with van der Waals surface area (Å²) in [5, 5.41) is 3.86. The standard InChI is InChI=1S/C9H18N2O2/c1-2-10-11-6-8-13-9-5-3-4-7-12-9/h2,9,11H,3-8H2,1H3/b10-2-. The minimum absolute atomic E-state index is 0.0150. The zero-order valence-corrected chi connectivity index (χ0v) is 8.16. The molecule has 0 aromatic rings. The highest BCUT2D eigenvalue weighted by Gasteiger charge is 2.12. The fourth-order valence-electron chi connectivity index (χ4n) is 1.23. The van der Waals surface area contributed by atoms with E-state index in [0.717, 1.165) is 26.0 Å². The van der Waals surface area contributed by atoms with Gasteiger partial charge in [-0.05, 0) is 26.2 Å². The summed E-state index contributed by atoms with van der Waals surface area (Å²) in [7, 11) is 0. The summed E-state index contributed by atoms with van der Waals surface area (Å²) >= 11 is 0. The summed E-state index contributed by atoms with van der Waals surface area (Å²) in [6.07, 6.45) is 5.14. The van der Waals surface area contributed by atoms with E-state index in [4.69, 9.17) is 9.47 Å². The first-order chi connectivity index (χ1) is 6.43. The molecular weight excluding hydrogens is 168 g/mol. The lowest BCUT2D eigenvalue weighted by atomic mass is 10.2. The van der Waals surface area contributed by atoms with E-state index < -0.39 is 0 Å². The summed E-state index contributed by atoms with van der Waals surface area (Å²) in [4.78, 5) is 0. The Morgan fingerprint density at radius 1 is 1.62 bits per heavy atom. The van der Waals surface area contributed by atoms with Crippen molar-refractivity contribution in [1.29, 1.82) is 0 Å². The molecule has 0 aliphatic carbocycles. The van der Waals surface area contributed by atoms with Gasteiger partial charge in [0.2, 0.25) is 0 Å². The average molecular weight is 186 g/mol. The summed E-state index contributed by atoms with van der Waals surface area (Å²) in [6.45, 7) is 4.11. The maximum atomic E-state index is 5.47. The number of ether oxygens (including phenoxy) is 2. The lowest BCUT2D eigenvalue weighted by molar-refractivity contribution is -0.161. The highest BCUT2D eigenvalue weighted by molar-refractivity contribution is 5.52. The summed E-state index contributed by atoms with van der Waals surface area (Å²) in [5.41, 5.74) is 2.86. The lowest BCUT2D eigenvalue weighted by Gasteiger charge is -2.22. The maximum Gasteiger partial charge on any atom is 0.157 e. The van der Waals surface area contributed by atoms with Crippen LogP contribution < -0.4 is 5.43 Å². The Labute approximate surface area is 79.3 Å². The van der Waals surface area contributed by atoms with Crippen LogP contribution in [-0.4, -0.2) is 32.3 Å². The van der Waals surface area contributed by atoms with Gasteiger partial charge in [-0.1, -0.05) is 0 Å². The van der Waals surface area contributed by atoms with E-state index in [0.29, 0.717) is 6.61 Å². The number of hydrogen-bond acceptors (Lipinski definition) is 4. The van der Waals surface area contributed by atoms with Gasteiger partial charge in [0.15, 0.2) is 6.29 Å². The van der Waals surface area contributed by atoms with Crippen LogP contribution in [0.15, 0.2) is 5.10 Å². The molecule has 1 aliphatic rings. The van der Waals surface area contributed by atoms with E-state index >= 15 is 0 Å². The normalized spacial score (nSPS) is 23.6. The van der Waals surface area contributed by atoms with E-state index in [9.17, 15) is 0 Å². The van der Waals surface area contributed by atoms with Crippen LogP contribution in [0.4, 0.5) is 0 Å². The molecule has 1 atom stereocenters. The van der Waals surface area contributed by atoms with Gasteiger partial charge < -0.3 is 14.9 Å². The molecule has 4 heteroatoms. The minimum Gasteiger partial charge on any atom is -0.353 e. The Morgan fingerprint density at radius 2 is 2.54 bits per heavy atom. The maximum absolute atomic E-state index is 5.47. The van der Waals surface area contributed by atoms with Crippen LogP contribution in [0.2, 0.25) is 0 Å². The third kappa shape index (κ3) is 4.85. The number of nitrogens with one attached hydrogen (secondary N) is 1. The predicted octanol–water partition coefficient (Wildman–Crippen LogP) is 1.12. The van der Waals surface area contributed by atoms with Crippen LogP contribution in [-0.2, 0) is 9.47 Å². The molecule has 0 amide bonds. The zero-order chi connectivity index (χ0) is 9.36. The summed E-state index contributed by atoms with van der Waals surface area (Å²) in [6, 6.07) is 0. The lowest BCUT2D eigenvalue weighted by Crippen LogP contribution is -2.25. The zero-order valence-electron chi connectivity index (χ0n) is 8.16. The number of rotatable bonds is 5. The van der Waals surface area contributed by atoms with Crippen LogP contribution in [0.5, 0.6) is 0 Å². The minimum atomic E-state index is 0.0150. The van der Waals surface area contributed by atoms with Crippen LogP contribution in [0, 0.1) is 0 Å². The molecule has 1 rings (SSSR count). The van der Waals surface area contributed by atoms with Crippen molar-refractivity contribution in [2.24, 2.45) is 5.10 Å². The van der Waals surface area contributed by atoms with E-state index in [2.05, 4.69) is 10.5 Å². The van der Waals surface area contributed by atoms with Crippen LogP contribution in [0.1, 0.15) is 26.2 Å². The van der Waals surface area contributed by atoms with Gasteiger partial charge >= 0.3 is 0 Å². The Morgan fingerprint density at radius 3 is 3.23 bits per heavy atom. The van der Waals surface area contributed by atoms with Gasteiger partial charge in [-0.2, -0.15) is 5.10 Å². The molecule has 1 saturated heterocycles. The predicted molar refractivity (Wildman–Crippen MR) is 51.7 cm³/mol. The van der Waals surface area contributed by atoms with Crippen molar-refractivity contribution in [1.82, 2.24) is 5.43 Å². The highest BCUT2D eigenvalue weighted by Crippen LogP contribution is 2.12. The first-order valence-electron chi connectivity index (χ1n) is 4.87. The first kappa shape index (κ1) is 10.5. The molecule has 1 fully saturated rings. The number of nitrogens with zero attached hydrogens (tertiary/aromatic N) is 1. The SMILES string of the molecule is C/C=N\NCCOC1CCCCO1. The van der Waals surface area contributed by atoms with Crippen molar-refractivity contribution in [2.75, 3.05) is 19.8 Å². The van der Waals surface area contributed by atoms with Crippen molar-refractivity contribution >= 4 is 6.21 Å². The van der Waals surface area contributed by atoms with Gasteiger partial charge in [-0.15, -0.1) is 0 Å². The molecule has 0 aromatic heterocycles. The third-order valence-electron chi connectivity index (χ3n) is 1.88. The molecule has 0 aromatic carbocycles. The average Bonchev–Trinajstić information content (AvgIpc) is 2.19. The molecular formula is C9H18N2O2. The summed E-state index contributed by atoms with van der Waals surface area (Å²) in [5.74, 6) is 0. The fraction of sp³-hybridized carbons (Fsp3) is 0.889. The van der Waals surface area contributed by atoms with E-state index in [1.165, 1.54) is 6.42 Å². The van der Waals surface area contributed by atoms with Crippen molar-refractivity contribution in [2.45, 2.75) is 32.5 Å². The Balaban J connectivity index is 1.92. The second-order valence-electron chi connectivity index (χ2n) is 2.96. The molecule has 1 N–H and O–H groups in total. The second-order valence-corrected chi connectivity index (χ2v) is 2.96. The topological polar surface area (TPSA) is 42.9 Å². The largest absolute Gasteiger partial charge is 0.353 e. The quantitative estimate of drug-likeness (QED) is 0.397. The Kier molecular flexibility index (Phi) is 5.52. The van der Waals surface area contributed by atoms with Gasteiger partial charge in [-0.3, -0.25) is 0 Å². The molecule has 76 valence electrons. The van der Waals surface area contributed by atoms with Gasteiger partial charge in [0.05, 0.1) is 13.2 Å². The Hall–Kier alpha value is -0.610. The van der Waals surface area contributed by atoms with Crippen LogP contribution in [0.25, 0.3) is 0 Å². The number of hydrogen-bond donors (Lipinski definition) is 1. The first-order valence-corrected chi connectivity index (χ1v) is 4.87. The van der Waals surface area contributed by atoms with Crippen molar-refractivity contribution < 1.29 is 9.47 Å². The molecule has 4 nitrogen and oxygen atoms in total. The van der Waals surface area contributed by atoms with Crippen molar-refractivity contribution in [3.63, 3.8) is 0 Å². The molecule has 0 saturated carbocycles. The van der Waals surface area contributed by atoms with Gasteiger partial charge in [0, 0.05) is 12.8 Å². The molecule has 1 heterocycles. The van der Waals surface area contributed by atoms with Gasteiger partial charge in [0.25, 0.3) is 0 Å². The van der Waals surface area contributed by atoms with E-state index in [-0.39, 0.29) is 6.29 Å².